The molecule has 0 fully saturated rings. The van der Waals surface area contributed by atoms with Crippen molar-refractivity contribution in [1.29, 1.82) is 0 Å². The average molecular weight is 319 g/mol. The van der Waals surface area contributed by atoms with Crippen LogP contribution >= 0.6 is 0 Å². The number of carbonyl (C=O) groups is 1. The number of carbonyl (C=O) groups excluding carboxylic acids is 1. The summed E-state index contributed by atoms with van der Waals surface area (Å²) in [6, 6.07) is 4.56. The van der Waals surface area contributed by atoms with Crippen LogP contribution in [0.25, 0.3) is 0 Å². The number of hydrogen-bond donors (Lipinski definition) is 0. The van der Waals surface area contributed by atoms with Gasteiger partial charge in [-0.05, 0) is 43.1 Å². The molecule has 1 aromatic rings. The highest BCUT2D eigenvalue weighted by atomic mass is 16.5. The summed E-state index contributed by atoms with van der Waals surface area (Å²) in [4.78, 5) is 11.2. The molecule has 0 N–H and O–H groups in total. The van der Waals surface area contributed by atoms with Crippen LogP contribution < -0.4 is 4.74 Å². The molecule has 0 amide bonds. The second-order valence-corrected chi connectivity index (χ2v) is 8.51. The van der Waals surface area contributed by atoms with Crippen LogP contribution in [0, 0.1) is 0 Å². The first-order valence-corrected chi connectivity index (χ1v) is 8.77. The maximum Gasteiger partial charge on any atom is 0.129 e. The van der Waals surface area contributed by atoms with Gasteiger partial charge in [-0.3, -0.25) is 0 Å². The minimum Gasteiger partial charge on any atom is -0.493 e. The molecule has 0 unspecified atom stereocenters. The Hall–Kier alpha value is -1.31. The van der Waals surface area contributed by atoms with E-state index in [1.54, 1.807) is 6.92 Å². The Morgan fingerprint density at radius 3 is 1.83 bits per heavy atom. The Bertz CT molecular complexity index is 507. The number of Topliss-reactive ketones (excluding diaryl/α,β-unsaturated/α-hetero) is 1. The topological polar surface area (TPSA) is 26.3 Å². The van der Waals surface area contributed by atoms with Crippen molar-refractivity contribution in [2.24, 2.45) is 0 Å². The van der Waals surface area contributed by atoms with E-state index in [2.05, 4.69) is 53.7 Å². The van der Waals surface area contributed by atoms with Gasteiger partial charge in [0.05, 0.1) is 6.61 Å². The average Bonchev–Trinajstić information content (AvgIpc) is 2.37. The molecule has 0 bridgehead atoms. The number of aryl methyl sites for hydroxylation is 1. The van der Waals surface area contributed by atoms with Crippen molar-refractivity contribution in [3.63, 3.8) is 0 Å². The molecule has 1 aromatic carbocycles. The predicted molar refractivity (Wildman–Crippen MR) is 98.6 cm³/mol. The fraction of sp³-hybridized carbons (Fsp3) is 0.667. The van der Waals surface area contributed by atoms with Crippen molar-refractivity contribution in [2.45, 2.75) is 85.5 Å². The molecule has 0 aliphatic heterocycles. The summed E-state index contributed by atoms with van der Waals surface area (Å²) in [7, 11) is 0. The van der Waals surface area contributed by atoms with E-state index in [-0.39, 0.29) is 16.6 Å². The van der Waals surface area contributed by atoms with Crippen LogP contribution in [0.3, 0.4) is 0 Å². The Morgan fingerprint density at radius 1 is 1.00 bits per heavy atom. The van der Waals surface area contributed by atoms with Crippen molar-refractivity contribution in [3.8, 4) is 5.75 Å². The van der Waals surface area contributed by atoms with E-state index in [1.165, 1.54) is 16.7 Å². The summed E-state index contributed by atoms with van der Waals surface area (Å²) in [5.74, 6) is 1.31. The number of hydrogen-bond acceptors (Lipinski definition) is 2. The second kappa shape index (κ2) is 7.51. The Morgan fingerprint density at radius 2 is 1.48 bits per heavy atom. The summed E-state index contributed by atoms with van der Waals surface area (Å²) in [5, 5.41) is 0. The van der Waals surface area contributed by atoms with Gasteiger partial charge >= 0.3 is 0 Å². The van der Waals surface area contributed by atoms with Crippen molar-refractivity contribution >= 4 is 5.78 Å². The van der Waals surface area contributed by atoms with E-state index in [0.29, 0.717) is 13.0 Å². The first kappa shape index (κ1) is 19.7. The van der Waals surface area contributed by atoms with E-state index in [1.807, 2.05) is 6.92 Å². The smallest absolute Gasteiger partial charge is 0.129 e. The first-order chi connectivity index (χ1) is 10.5. The van der Waals surface area contributed by atoms with E-state index < -0.39 is 0 Å². The third-order valence-corrected chi connectivity index (χ3v) is 4.05. The van der Waals surface area contributed by atoms with Crippen LogP contribution in [0.4, 0.5) is 0 Å². The number of ether oxygens (including phenoxy) is 1. The molecule has 2 nitrogen and oxygen atoms in total. The molecule has 0 aromatic heterocycles. The number of ketones is 1. The van der Waals surface area contributed by atoms with E-state index >= 15 is 0 Å². The monoisotopic (exact) mass is 318 g/mol. The normalized spacial score (nSPS) is 12.3. The molecule has 0 spiro atoms. The van der Waals surface area contributed by atoms with Crippen LogP contribution in [-0.2, 0) is 22.0 Å². The van der Waals surface area contributed by atoms with Gasteiger partial charge in [-0.25, -0.2) is 0 Å². The molecule has 0 aliphatic rings. The van der Waals surface area contributed by atoms with Crippen molar-refractivity contribution in [1.82, 2.24) is 0 Å². The zero-order chi connectivity index (χ0) is 17.8. The van der Waals surface area contributed by atoms with Crippen molar-refractivity contribution < 1.29 is 9.53 Å². The standard InChI is InChI=1S/C21H34O2/c1-9-23-19-17(20(3,4)5)13-16(12-10-11-15(2)22)14-18(19)21(6,7)8/h13-14H,9-12H2,1-8H3. The van der Waals surface area contributed by atoms with Gasteiger partial charge in [-0.15, -0.1) is 0 Å². The fourth-order valence-corrected chi connectivity index (χ4v) is 2.79. The van der Waals surface area contributed by atoms with Crippen molar-refractivity contribution in [3.05, 3.63) is 28.8 Å². The molecular formula is C21H34O2. The molecule has 0 saturated carbocycles. The highest BCUT2D eigenvalue weighted by Gasteiger charge is 2.27. The van der Waals surface area contributed by atoms with Gasteiger partial charge in [-0.1, -0.05) is 53.7 Å². The van der Waals surface area contributed by atoms with Gasteiger partial charge < -0.3 is 9.53 Å². The minimum absolute atomic E-state index is 0.0289. The Kier molecular flexibility index (Phi) is 6.44. The lowest BCUT2D eigenvalue weighted by atomic mass is 9.78. The summed E-state index contributed by atoms with van der Waals surface area (Å²) in [6.07, 6.45) is 2.51. The van der Waals surface area contributed by atoms with Crippen LogP contribution in [0.5, 0.6) is 5.75 Å². The third kappa shape index (κ3) is 5.67. The molecular weight excluding hydrogens is 284 g/mol. The molecule has 130 valence electrons. The molecule has 2 heteroatoms. The molecule has 1 rings (SSSR count). The third-order valence-electron chi connectivity index (χ3n) is 4.05. The lowest BCUT2D eigenvalue weighted by Crippen LogP contribution is -2.20. The van der Waals surface area contributed by atoms with Gasteiger partial charge in [-0.2, -0.15) is 0 Å². The van der Waals surface area contributed by atoms with Gasteiger partial charge in [0.15, 0.2) is 0 Å². The highest BCUT2D eigenvalue weighted by molar-refractivity contribution is 5.75. The summed E-state index contributed by atoms with van der Waals surface area (Å²) in [6.45, 7) is 17.8. The lowest BCUT2D eigenvalue weighted by molar-refractivity contribution is -0.117. The van der Waals surface area contributed by atoms with Gasteiger partial charge in [0, 0.05) is 17.5 Å². The zero-order valence-electron chi connectivity index (χ0n) is 16.3. The number of benzene rings is 1. The van der Waals surface area contributed by atoms with E-state index in [9.17, 15) is 4.79 Å². The van der Waals surface area contributed by atoms with Crippen LogP contribution in [-0.4, -0.2) is 12.4 Å². The quantitative estimate of drug-likeness (QED) is 0.683. The van der Waals surface area contributed by atoms with Gasteiger partial charge in [0.25, 0.3) is 0 Å². The maximum absolute atomic E-state index is 11.2. The molecule has 0 atom stereocenters. The number of rotatable bonds is 6. The summed E-state index contributed by atoms with van der Waals surface area (Å²) >= 11 is 0. The van der Waals surface area contributed by atoms with Gasteiger partial charge in [0.2, 0.25) is 0 Å². The minimum atomic E-state index is 0.0289. The molecule has 23 heavy (non-hydrogen) atoms. The first-order valence-electron chi connectivity index (χ1n) is 8.77. The van der Waals surface area contributed by atoms with Crippen molar-refractivity contribution in [2.75, 3.05) is 6.61 Å². The molecule has 0 aliphatic carbocycles. The molecule has 0 saturated heterocycles. The highest BCUT2D eigenvalue weighted by Crippen LogP contribution is 2.41. The second-order valence-electron chi connectivity index (χ2n) is 8.51. The van der Waals surface area contributed by atoms with Crippen LogP contribution in [0.1, 0.15) is 84.9 Å². The molecule has 0 radical (unpaired) electrons. The Balaban J connectivity index is 3.37. The maximum atomic E-state index is 11.2. The van der Waals surface area contributed by atoms with E-state index in [4.69, 9.17) is 4.74 Å². The Labute approximate surface area is 142 Å². The van der Waals surface area contributed by atoms with Crippen LogP contribution in [0.2, 0.25) is 0 Å². The SMILES string of the molecule is CCOc1c(C(C)(C)C)cc(CCCC(C)=O)cc1C(C)(C)C. The van der Waals surface area contributed by atoms with Gasteiger partial charge in [0.1, 0.15) is 11.5 Å². The predicted octanol–water partition coefficient (Wildman–Crippen LogP) is 5.59. The summed E-state index contributed by atoms with van der Waals surface area (Å²) in [5.41, 5.74) is 3.90. The molecule has 0 heterocycles. The lowest BCUT2D eigenvalue weighted by Gasteiger charge is -2.30. The van der Waals surface area contributed by atoms with E-state index in [0.717, 1.165) is 18.6 Å². The van der Waals surface area contributed by atoms with Crippen LogP contribution in [0.15, 0.2) is 12.1 Å². The zero-order valence-corrected chi connectivity index (χ0v) is 16.3. The largest absolute Gasteiger partial charge is 0.493 e. The summed E-state index contributed by atoms with van der Waals surface area (Å²) < 4.78 is 6.06. The fourth-order valence-electron chi connectivity index (χ4n) is 2.79.